The zero-order valence-corrected chi connectivity index (χ0v) is 83.0. The topological polar surface area (TPSA) is 32.6 Å². The van der Waals surface area contributed by atoms with E-state index in [1.165, 1.54) is 125 Å². The molecule has 11 heteroatoms. The molecule has 694 valence electrons. The molecule has 0 spiro atoms. The fourth-order valence-corrected chi connectivity index (χ4v) is 25.9. The summed E-state index contributed by atoms with van der Waals surface area (Å²) in [7, 11) is 0. The third kappa shape index (κ3) is 16.5. The molecule has 5 aromatic heterocycles. The van der Waals surface area contributed by atoms with E-state index in [4.69, 9.17) is 4.42 Å². The molecule has 0 radical (unpaired) electrons. The average molecular weight is 1950 g/mol. The van der Waals surface area contributed by atoms with Gasteiger partial charge < -0.3 is 33.8 Å². The molecule has 23 aromatic carbocycles. The molecular formula is C136H90N6OS4. The first-order chi connectivity index (χ1) is 72.8. The Balaban J connectivity index is 0.000000146. The lowest BCUT2D eigenvalue weighted by atomic mass is 9.99. The molecule has 0 saturated heterocycles. The molecule has 0 aliphatic carbocycles. The molecule has 147 heavy (non-hydrogen) atoms. The van der Waals surface area contributed by atoms with Crippen molar-refractivity contribution in [2.75, 3.05) is 29.4 Å². The van der Waals surface area contributed by atoms with Gasteiger partial charge in [0.15, 0.2) is 0 Å². The van der Waals surface area contributed by atoms with Crippen molar-refractivity contribution in [3.8, 4) is 33.4 Å². The fraction of sp³-hybridized carbons (Fsp3) is 0. The normalized spacial score (nSPS) is 11.5. The third-order valence-corrected chi connectivity index (χ3v) is 32.8. The van der Waals surface area contributed by atoms with Gasteiger partial charge in [0.05, 0.1) is 5.69 Å². The molecular weight excluding hydrogens is 1860 g/mol. The minimum absolute atomic E-state index is 0.841. The Labute approximate surface area is 867 Å². The molecule has 0 bridgehead atoms. The van der Waals surface area contributed by atoms with Crippen molar-refractivity contribution in [1.29, 1.82) is 0 Å². The number of rotatable bonds is 21. The van der Waals surface area contributed by atoms with Crippen LogP contribution < -0.4 is 29.4 Å². The Morgan fingerprint density at radius 3 is 0.898 bits per heavy atom. The van der Waals surface area contributed by atoms with Gasteiger partial charge in [-0.25, -0.2) is 0 Å². The van der Waals surface area contributed by atoms with Crippen LogP contribution in [0.2, 0.25) is 0 Å². The maximum atomic E-state index is 6.71. The van der Waals surface area contributed by atoms with Gasteiger partial charge in [-0.2, -0.15) is 0 Å². The first-order valence-corrected chi connectivity index (χ1v) is 52.9. The number of hydrogen-bond donors (Lipinski definition) is 0. The van der Waals surface area contributed by atoms with Gasteiger partial charge in [-0.05, 0) is 288 Å². The Hall–Kier alpha value is -18.2. The Morgan fingerprint density at radius 2 is 0.429 bits per heavy atom. The first-order valence-electron chi connectivity index (χ1n) is 49.6. The van der Waals surface area contributed by atoms with Crippen LogP contribution in [-0.4, -0.2) is 0 Å². The summed E-state index contributed by atoms with van der Waals surface area (Å²) < 4.78 is 16.9. The van der Waals surface area contributed by atoms with Gasteiger partial charge in [0, 0.05) is 205 Å². The molecule has 0 unspecified atom stereocenters. The molecule has 5 heterocycles. The monoisotopic (exact) mass is 1950 g/mol. The van der Waals surface area contributed by atoms with Crippen molar-refractivity contribution in [3.63, 3.8) is 0 Å². The fourth-order valence-electron chi connectivity index (χ4n) is 21.3. The summed E-state index contributed by atoms with van der Waals surface area (Å²) in [6, 6.07) is 197. The van der Waals surface area contributed by atoms with E-state index in [2.05, 4.69) is 575 Å². The second kappa shape index (κ2) is 37.9. The third-order valence-electron chi connectivity index (χ3n) is 28.2. The Kier molecular flexibility index (Phi) is 22.6. The summed E-state index contributed by atoms with van der Waals surface area (Å²) in [6.07, 6.45) is 0. The molecule has 28 rings (SSSR count). The maximum absolute atomic E-state index is 6.71. The van der Waals surface area contributed by atoms with Gasteiger partial charge >= 0.3 is 0 Å². The van der Waals surface area contributed by atoms with Crippen LogP contribution in [0.3, 0.4) is 0 Å². The van der Waals surface area contributed by atoms with Crippen molar-refractivity contribution < 1.29 is 4.42 Å². The molecule has 0 aliphatic heterocycles. The van der Waals surface area contributed by atoms with Crippen LogP contribution in [0.25, 0.3) is 147 Å². The van der Waals surface area contributed by atoms with Crippen molar-refractivity contribution in [3.05, 3.63) is 546 Å². The summed E-state index contributed by atoms with van der Waals surface area (Å²) in [6.45, 7) is 0. The van der Waals surface area contributed by atoms with Crippen LogP contribution in [0.4, 0.5) is 102 Å². The van der Waals surface area contributed by atoms with Crippen LogP contribution in [0.1, 0.15) is 0 Å². The van der Waals surface area contributed by atoms with E-state index in [0.717, 1.165) is 124 Å². The molecule has 0 N–H and O–H groups in total. The van der Waals surface area contributed by atoms with Crippen molar-refractivity contribution in [1.82, 2.24) is 0 Å². The number of nitrogens with zero attached hydrogens (tertiary/aromatic N) is 6. The van der Waals surface area contributed by atoms with E-state index in [1.54, 1.807) is 0 Å². The van der Waals surface area contributed by atoms with E-state index in [0.29, 0.717) is 0 Å². The van der Waals surface area contributed by atoms with E-state index in [9.17, 15) is 0 Å². The minimum Gasteiger partial charge on any atom is -0.456 e. The number of hydrogen-bond acceptors (Lipinski definition) is 11. The largest absolute Gasteiger partial charge is 0.456 e. The zero-order chi connectivity index (χ0) is 97.2. The summed E-state index contributed by atoms with van der Waals surface area (Å²) >= 11 is 7.44. The second-order valence-electron chi connectivity index (χ2n) is 37.0. The van der Waals surface area contributed by atoms with E-state index < -0.39 is 0 Å². The average Bonchev–Trinajstić information content (AvgIpc) is 1.60. The van der Waals surface area contributed by atoms with Crippen LogP contribution >= 0.6 is 45.3 Å². The van der Waals surface area contributed by atoms with Crippen molar-refractivity contribution in [2.45, 2.75) is 0 Å². The SMILES string of the molecule is c1ccc(N(c2ccccc2)c2ccc3c(c2)oc2ccc(N(c4ccccc4)c4cc(-c5ccc6sc7cc(N(c8ccccc8)c8ccccc8)ccc7c6c5)c5sc6ccccc6c5c4)cc23)cc1.c1ccc(N(c2ccccc2)c2ccc3c(c2)sc2ccc(-c4ccc(-c5ccc(N(c6ccccc6)c6ccc7sc8cc(N(c9ccccc9)c9cccc%10ccccc9%10)ccc8c7c6)cc5)cc4)cc23)cc1. The van der Waals surface area contributed by atoms with E-state index >= 15 is 0 Å². The number of thiophene rings is 4. The van der Waals surface area contributed by atoms with Gasteiger partial charge in [0.2, 0.25) is 0 Å². The molecule has 0 saturated carbocycles. The molecule has 0 aliphatic rings. The number of para-hydroxylation sites is 9. The Morgan fingerprint density at radius 1 is 0.136 bits per heavy atom. The molecule has 28 aromatic rings. The second-order valence-corrected chi connectivity index (χ2v) is 41.3. The highest BCUT2D eigenvalue weighted by atomic mass is 32.1. The number of fused-ring (bicyclic) bond motifs is 16. The van der Waals surface area contributed by atoms with Gasteiger partial charge in [0.1, 0.15) is 11.2 Å². The van der Waals surface area contributed by atoms with Crippen LogP contribution in [-0.2, 0) is 0 Å². The molecule has 0 amide bonds. The van der Waals surface area contributed by atoms with Gasteiger partial charge in [-0.15, -0.1) is 45.3 Å². The quantitative estimate of drug-likeness (QED) is 0.0709. The van der Waals surface area contributed by atoms with Gasteiger partial charge in [-0.1, -0.05) is 285 Å². The lowest BCUT2D eigenvalue weighted by molar-refractivity contribution is 0.669. The van der Waals surface area contributed by atoms with E-state index in [-0.39, 0.29) is 0 Å². The van der Waals surface area contributed by atoms with Crippen LogP contribution in [0.15, 0.2) is 550 Å². The summed E-state index contributed by atoms with van der Waals surface area (Å²) in [5, 5.41) is 14.7. The maximum Gasteiger partial charge on any atom is 0.137 e. The predicted octanol–water partition coefficient (Wildman–Crippen LogP) is 41.7. The standard InChI is InChI=1S/C70H47N3S2.C66H43N3OS2/c1-5-18-53(19-6-1)71(54-20-7-2-8-21-54)59-37-40-62-64-44-52(34-42-67(64)74-69(62)46-59)50-30-28-48(29-31-50)49-32-35-57(36-33-49)72(55-22-9-3-10-23-55)58-39-43-68-65(45-58)63-41-38-60(47-70(63)75-68)73(56-24-11-4-12-25-56)66-27-15-17-51-16-13-14-26-61(51)66;1-6-18-45(19-7-1)67(46-20-8-2-9-21-46)51-31-34-54-58-39-50(33-36-61(58)70-62(54)42-51)69(49-26-14-5-15-27-49)53-40-57(66-60(41-53)55-28-16-17-29-63(55)72-66)44-30-37-64-59(38-44)56-35-32-52(43-65(56)71-64)68(47-22-10-3-11-23-47)48-24-12-4-13-25-48/h1-47H;1-43H. The highest BCUT2D eigenvalue weighted by Gasteiger charge is 2.27. The molecule has 0 fully saturated rings. The number of furan rings is 1. The zero-order valence-electron chi connectivity index (χ0n) is 79.7. The van der Waals surface area contributed by atoms with Crippen molar-refractivity contribution in [2.24, 2.45) is 0 Å². The molecule has 7 nitrogen and oxygen atoms in total. The number of benzene rings is 23. The summed E-state index contributed by atoms with van der Waals surface area (Å²) in [5.41, 5.74) is 28.9. The van der Waals surface area contributed by atoms with Gasteiger partial charge in [0.25, 0.3) is 0 Å². The lowest BCUT2D eigenvalue weighted by Crippen LogP contribution is -2.10. The van der Waals surface area contributed by atoms with Gasteiger partial charge in [-0.3, -0.25) is 0 Å². The highest BCUT2D eigenvalue weighted by Crippen LogP contribution is 2.53. The highest BCUT2D eigenvalue weighted by molar-refractivity contribution is 7.27. The lowest BCUT2D eigenvalue weighted by Gasteiger charge is -2.27. The molecule has 0 atom stereocenters. The summed E-state index contributed by atoms with van der Waals surface area (Å²) in [4.78, 5) is 14.1. The van der Waals surface area contributed by atoms with Crippen molar-refractivity contribution >= 4 is 261 Å². The Bertz CT molecular complexity index is 9630. The van der Waals surface area contributed by atoms with E-state index in [1.807, 2.05) is 45.3 Å². The first kappa shape index (κ1) is 87.8. The summed E-state index contributed by atoms with van der Waals surface area (Å²) in [5.74, 6) is 0. The smallest absolute Gasteiger partial charge is 0.137 e. The minimum atomic E-state index is 0.841. The number of anilines is 18. The van der Waals surface area contributed by atoms with Crippen LogP contribution in [0, 0.1) is 0 Å². The predicted molar refractivity (Wildman–Crippen MR) is 634 cm³/mol. The van der Waals surface area contributed by atoms with Crippen LogP contribution in [0.5, 0.6) is 0 Å².